The van der Waals surface area contributed by atoms with Gasteiger partial charge in [-0.2, -0.15) is 0 Å². The molecule has 2 nitrogen and oxygen atoms in total. The molecule has 1 amide bonds. The summed E-state index contributed by atoms with van der Waals surface area (Å²) in [5.41, 5.74) is 0.436. The van der Waals surface area contributed by atoms with E-state index in [1.54, 1.807) is 0 Å². The molecule has 2 aromatic carbocycles. The first-order valence-corrected chi connectivity index (χ1v) is 7.04. The average Bonchev–Trinajstić information content (AvgIpc) is 2.54. The van der Waals surface area contributed by atoms with Gasteiger partial charge in [0, 0.05) is 0 Å². The van der Waals surface area contributed by atoms with Crippen molar-refractivity contribution in [2.45, 2.75) is 25.7 Å². The Labute approximate surface area is 127 Å². The van der Waals surface area contributed by atoms with Crippen LogP contribution in [-0.2, 0) is 4.79 Å². The fourth-order valence-electron chi connectivity index (χ4n) is 2.27. The van der Waals surface area contributed by atoms with E-state index >= 15 is 0 Å². The Kier molecular flexibility index (Phi) is 5.20. The van der Waals surface area contributed by atoms with Crippen LogP contribution in [0.25, 0.3) is 0 Å². The lowest BCUT2D eigenvalue weighted by atomic mass is 9.93. The molecule has 0 aliphatic rings. The summed E-state index contributed by atoms with van der Waals surface area (Å²) in [6.45, 7) is 1.93. The van der Waals surface area contributed by atoms with Crippen LogP contribution in [0.15, 0.2) is 42.5 Å². The van der Waals surface area contributed by atoms with Crippen LogP contribution in [-0.4, -0.2) is 5.91 Å². The van der Waals surface area contributed by atoms with E-state index in [-0.39, 0.29) is 5.69 Å². The summed E-state index contributed by atoms with van der Waals surface area (Å²) in [7, 11) is 0. The Morgan fingerprint density at radius 2 is 1.73 bits per heavy atom. The third kappa shape index (κ3) is 3.47. The van der Waals surface area contributed by atoms with Crippen LogP contribution < -0.4 is 5.32 Å². The molecule has 22 heavy (non-hydrogen) atoms. The second-order valence-corrected chi connectivity index (χ2v) is 4.96. The molecule has 0 aliphatic heterocycles. The molecule has 0 saturated heterocycles. The van der Waals surface area contributed by atoms with Crippen LogP contribution in [0.2, 0.25) is 0 Å². The number of amides is 1. The van der Waals surface area contributed by atoms with Crippen LogP contribution in [0.1, 0.15) is 31.2 Å². The van der Waals surface area contributed by atoms with E-state index in [0.717, 1.165) is 24.1 Å². The van der Waals surface area contributed by atoms with E-state index in [4.69, 9.17) is 0 Å². The Hall–Kier alpha value is -2.30. The Bertz CT molecular complexity index is 658. The summed E-state index contributed by atoms with van der Waals surface area (Å²) >= 11 is 0. The smallest absolute Gasteiger partial charge is 0.231 e. The lowest BCUT2D eigenvalue weighted by Crippen LogP contribution is -2.22. The Morgan fingerprint density at radius 1 is 1.05 bits per heavy atom. The van der Waals surface area contributed by atoms with Crippen LogP contribution in [0.3, 0.4) is 0 Å². The van der Waals surface area contributed by atoms with Gasteiger partial charge in [0.1, 0.15) is 0 Å². The van der Waals surface area contributed by atoms with Gasteiger partial charge in [-0.1, -0.05) is 43.7 Å². The number of anilines is 1. The normalized spacial score (nSPS) is 12.0. The van der Waals surface area contributed by atoms with E-state index < -0.39 is 29.3 Å². The number of hydrogen-bond donors (Lipinski definition) is 1. The maximum atomic E-state index is 13.6. The number of hydrogen-bond acceptors (Lipinski definition) is 1. The molecular weight excluding hydrogens is 291 g/mol. The van der Waals surface area contributed by atoms with Gasteiger partial charge in [0.25, 0.3) is 0 Å². The maximum absolute atomic E-state index is 13.6. The van der Waals surface area contributed by atoms with Crippen molar-refractivity contribution in [1.29, 1.82) is 0 Å². The predicted octanol–water partition coefficient (Wildman–Crippen LogP) is 4.63. The van der Waals surface area contributed by atoms with Crippen LogP contribution >= 0.6 is 0 Å². The number of rotatable bonds is 5. The van der Waals surface area contributed by atoms with Gasteiger partial charge < -0.3 is 5.32 Å². The molecule has 5 heteroatoms. The molecule has 2 rings (SSSR count). The summed E-state index contributed by atoms with van der Waals surface area (Å²) < 4.78 is 39.8. The molecule has 1 atom stereocenters. The monoisotopic (exact) mass is 307 g/mol. The van der Waals surface area contributed by atoms with Gasteiger partial charge in [-0.25, -0.2) is 13.2 Å². The number of benzene rings is 2. The number of halogens is 3. The zero-order valence-electron chi connectivity index (χ0n) is 12.1. The van der Waals surface area contributed by atoms with Crippen molar-refractivity contribution in [3.63, 3.8) is 0 Å². The summed E-state index contributed by atoms with van der Waals surface area (Å²) in [5.74, 6) is -5.19. The van der Waals surface area contributed by atoms with Gasteiger partial charge in [0.05, 0.1) is 11.6 Å². The van der Waals surface area contributed by atoms with Gasteiger partial charge >= 0.3 is 0 Å². The quantitative estimate of drug-likeness (QED) is 0.802. The summed E-state index contributed by atoms with van der Waals surface area (Å²) in [6, 6.07) is 10.9. The van der Waals surface area contributed by atoms with Crippen molar-refractivity contribution in [1.82, 2.24) is 0 Å². The lowest BCUT2D eigenvalue weighted by Gasteiger charge is -2.17. The highest BCUT2D eigenvalue weighted by molar-refractivity contribution is 5.95. The zero-order valence-corrected chi connectivity index (χ0v) is 12.1. The lowest BCUT2D eigenvalue weighted by molar-refractivity contribution is -0.117. The van der Waals surface area contributed by atoms with Crippen LogP contribution in [0, 0.1) is 17.5 Å². The zero-order chi connectivity index (χ0) is 16.1. The fourth-order valence-corrected chi connectivity index (χ4v) is 2.27. The van der Waals surface area contributed by atoms with Gasteiger partial charge in [-0.05, 0) is 24.1 Å². The van der Waals surface area contributed by atoms with Crippen molar-refractivity contribution in [2.24, 2.45) is 0 Å². The summed E-state index contributed by atoms with van der Waals surface area (Å²) in [5, 5.41) is 2.34. The van der Waals surface area contributed by atoms with Crippen molar-refractivity contribution in [3.8, 4) is 0 Å². The molecule has 0 unspecified atom stereocenters. The van der Waals surface area contributed by atoms with E-state index in [1.807, 2.05) is 37.3 Å². The Morgan fingerprint density at radius 3 is 2.36 bits per heavy atom. The molecule has 1 N–H and O–H groups in total. The molecule has 116 valence electrons. The van der Waals surface area contributed by atoms with Crippen LogP contribution in [0.5, 0.6) is 0 Å². The van der Waals surface area contributed by atoms with E-state index in [2.05, 4.69) is 5.32 Å². The highest BCUT2D eigenvalue weighted by atomic mass is 19.2. The molecule has 0 spiro atoms. The molecule has 0 radical (unpaired) electrons. The van der Waals surface area contributed by atoms with Gasteiger partial charge in [0.2, 0.25) is 5.91 Å². The minimum atomic E-state index is -1.59. The van der Waals surface area contributed by atoms with E-state index in [9.17, 15) is 18.0 Å². The highest BCUT2D eigenvalue weighted by Gasteiger charge is 2.22. The molecule has 0 heterocycles. The second kappa shape index (κ2) is 7.11. The van der Waals surface area contributed by atoms with Crippen molar-refractivity contribution >= 4 is 11.6 Å². The second-order valence-electron chi connectivity index (χ2n) is 4.96. The minimum Gasteiger partial charge on any atom is -0.323 e. The van der Waals surface area contributed by atoms with Gasteiger partial charge in [-0.15, -0.1) is 0 Å². The maximum Gasteiger partial charge on any atom is 0.231 e. The Balaban J connectivity index is 2.24. The summed E-state index contributed by atoms with van der Waals surface area (Å²) in [4.78, 5) is 12.4. The van der Waals surface area contributed by atoms with Crippen molar-refractivity contribution < 1.29 is 18.0 Å². The standard InChI is InChI=1S/C17H16F3NO/c1-2-6-12(11-7-4-3-5-8-11)17(22)21-14-10-9-13(18)15(19)16(14)20/h3-5,7-10,12H,2,6H2,1H3,(H,21,22)/t12-/m0/s1. The predicted molar refractivity (Wildman–Crippen MR) is 79.0 cm³/mol. The van der Waals surface area contributed by atoms with E-state index in [1.165, 1.54) is 0 Å². The first kappa shape index (κ1) is 16.1. The summed E-state index contributed by atoms with van der Waals surface area (Å²) in [6.07, 6.45) is 1.33. The van der Waals surface area contributed by atoms with Gasteiger partial charge in [-0.3, -0.25) is 4.79 Å². The molecule has 2 aromatic rings. The number of carbonyl (C=O) groups excluding carboxylic acids is 1. The minimum absolute atomic E-state index is 0.360. The number of carbonyl (C=O) groups is 1. The van der Waals surface area contributed by atoms with Crippen molar-refractivity contribution in [3.05, 3.63) is 65.5 Å². The highest BCUT2D eigenvalue weighted by Crippen LogP contribution is 2.25. The van der Waals surface area contributed by atoms with Crippen LogP contribution in [0.4, 0.5) is 18.9 Å². The molecular formula is C17H16F3NO. The molecule has 0 saturated carbocycles. The van der Waals surface area contributed by atoms with Gasteiger partial charge in [0.15, 0.2) is 17.5 Å². The molecule has 0 bridgehead atoms. The molecule has 0 aromatic heterocycles. The number of nitrogens with one attached hydrogen (secondary N) is 1. The first-order chi connectivity index (χ1) is 10.5. The van der Waals surface area contributed by atoms with E-state index in [0.29, 0.717) is 6.42 Å². The largest absolute Gasteiger partial charge is 0.323 e. The molecule has 0 fully saturated rings. The topological polar surface area (TPSA) is 29.1 Å². The third-order valence-corrected chi connectivity index (χ3v) is 3.39. The first-order valence-electron chi connectivity index (χ1n) is 7.04. The van der Waals surface area contributed by atoms with Crippen molar-refractivity contribution in [2.75, 3.05) is 5.32 Å². The third-order valence-electron chi connectivity index (χ3n) is 3.39. The molecule has 0 aliphatic carbocycles. The SMILES string of the molecule is CCC[C@H](C(=O)Nc1ccc(F)c(F)c1F)c1ccccc1. The average molecular weight is 307 g/mol. The fraction of sp³-hybridized carbons (Fsp3) is 0.235.